The van der Waals surface area contributed by atoms with Crippen molar-refractivity contribution in [1.82, 2.24) is 9.88 Å². The number of para-hydroxylation sites is 1. The van der Waals surface area contributed by atoms with Crippen LogP contribution in [0.2, 0.25) is 5.02 Å². The summed E-state index contributed by atoms with van der Waals surface area (Å²) in [5.74, 6) is -0.182. The second-order valence-corrected chi connectivity index (χ2v) is 7.71. The standard InChI is InChI=1S/C23H23ClF3N3O4/c1-2-33-19-6-4-3-5-16(19)7-8-21(32)34-15-20(31)29-9-11-30(12-10-29)22-18(24)13-17(14-28-22)23(25,26)27/h3-8,13-14H,2,9-12,15H2,1H3/b8-7+. The van der Waals surface area contributed by atoms with Crippen molar-refractivity contribution in [2.24, 2.45) is 0 Å². The molecule has 1 amide bonds. The van der Waals surface area contributed by atoms with Gasteiger partial charge in [-0.05, 0) is 25.1 Å². The number of pyridine rings is 1. The van der Waals surface area contributed by atoms with E-state index in [2.05, 4.69) is 4.98 Å². The summed E-state index contributed by atoms with van der Waals surface area (Å²) >= 11 is 6.00. The first-order chi connectivity index (χ1) is 16.2. The van der Waals surface area contributed by atoms with E-state index < -0.39 is 24.3 Å². The number of hydrogen-bond donors (Lipinski definition) is 0. The molecule has 0 saturated carbocycles. The maximum Gasteiger partial charge on any atom is 0.417 e. The SMILES string of the molecule is CCOc1ccccc1/C=C/C(=O)OCC(=O)N1CCN(c2ncc(C(F)(F)F)cc2Cl)CC1. The first kappa shape index (κ1) is 25.4. The number of amides is 1. The first-order valence-corrected chi connectivity index (χ1v) is 10.9. The summed E-state index contributed by atoms with van der Waals surface area (Å²) in [6.07, 6.45) is -1.02. The molecule has 0 N–H and O–H groups in total. The number of hydrogen-bond acceptors (Lipinski definition) is 6. The fraction of sp³-hybridized carbons (Fsp3) is 0.348. The lowest BCUT2D eigenvalue weighted by molar-refractivity contribution is -0.148. The number of rotatable bonds is 7. The third kappa shape index (κ3) is 6.63. The van der Waals surface area contributed by atoms with Crippen molar-refractivity contribution in [1.29, 1.82) is 0 Å². The zero-order chi connectivity index (χ0) is 24.7. The van der Waals surface area contributed by atoms with Crippen LogP contribution in [0.25, 0.3) is 6.08 Å². The number of ether oxygens (including phenoxy) is 2. The molecule has 1 saturated heterocycles. The number of aromatic nitrogens is 1. The minimum Gasteiger partial charge on any atom is -0.493 e. The van der Waals surface area contributed by atoms with Crippen LogP contribution in [0.4, 0.5) is 19.0 Å². The van der Waals surface area contributed by atoms with Gasteiger partial charge in [0, 0.05) is 44.0 Å². The van der Waals surface area contributed by atoms with Crippen LogP contribution in [0.5, 0.6) is 5.75 Å². The lowest BCUT2D eigenvalue weighted by Crippen LogP contribution is -2.50. The normalized spacial score (nSPS) is 14.4. The average molecular weight is 498 g/mol. The predicted molar refractivity (Wildman–Crippen MR) is 121 cm³/mol. The predicted octanol–water partition coefficient (Wildman–Crippen LogP) is 4.06. The number of alkyl halides is 3. The molecule has 2 heterocycles. The van der Waals surface area contributed by atoms with Gasteiger partial charge in [-0.25, -0.2) is 9.78 Å². The highest BCUT2D eigenvalue weighted by Crippen LogP contribution is 2.33. The van der Waals surface area contributed by atoms with Gasteiger partial charge in [0.25, 0.3) is 5.91 Å². The van der Waals surface area contributed by atoms with Crippen LogP contribution in [0.3, 0.4) is 0 Å². The van der Waals surface area contributed by atoms with Gasteiger partial charge in [0.15, 0.2) is 6.61 Å². The molecule has 1 aliphatic rings. The Bertz CT molecular complexity index is 1050. The van der Waals surface area contributed by atoms with Gasteiger partial charge in [-0.2, -0.15) is 13.2 Å². The second-order valence-electron chi connectivity index (χ2n) is 7.31. The van der Waals surface area contributed by atoms with Crippen molar-refractivity contribution in [2.45, 2.75) is 13.1 Å². The van der Waals surface area contributed by atoms with E-state index in [9.17, 15) is 22.8 Å². The second kappa shape index (κ2) is 11.2. The summed E-state index contributed by atoms with van der Waals surface area (Å²) in [7, 11) is 0. The molecule has 182 valence electrons. The third-order valence-electron chi connectivity index (χ3n) is 5.04. The third-order valence-corrected chi connectivity index (χ3v) is 5.31. The molecule has 7 nitrogen and oxygen atoms in total. The number of nitrogens with zero attached hydrogens (tertiary/aromatic N) is 3. The van der Waals surface area contributed by atoms with Crippen molar-refractivity contribution in [2.75, 3.05) is 44.3 Å². The molecule has 1 aliphatic heterocycles. The molecule has 3 rings (SSSR count). The molecule has 2 aromatic rings. The van der Waals surface area contributed by atoms with Gasteiger partial charge in [-0.3, -0.25) is 4.79 Å². The molecular weight excluding hydrogens is 475 g/mol. The van der Waals surface area contributed by atoms with Gasteiger partial charge in [0.1, 0.15) is 11.6 Å². The molecule has 1 aromatic heterocycles. The molecule has 1 fully saturated rings. The summed E-state index contributed by atoms with van der Waals surface area (Å²) in [6.45, 7) is 3.14. The van der Waals surface area contributed by atoms with E-state index in [0.29, 0.717) is 31.0 Å². The highest BCUT2D eigenvalue weighted by atomic mass is 35.5. The smallest absolute Gasteiger partial charge is 0.417 e. The van der Waals surface area contributed by atoms with E-state index in [1.54, 1.807) is 23.1 Å². The van der Waals surface area contributed by atoms with Crippen LogP contribution < -0.4 is 9.64 Å². The number of anilines is 1. The number of piperazine rings is 1. The topological polar surface area (TPSA) is 72.0 Å². The number of esters is 1. The summed E-state index contributed by atoms with van der Waals surface area (Å²) in [5, 5.41) is -0.110. The van der Waals surface area contributed by atoms with Gasteiger partial charge in [-0.1, -0.05) is 29.8 Å². The molecule has 0 radical (unpaired) electrons. The maximum atomic E-state index is 12.8. The quantitative estimate of drug-likeness (QED) is 0.424. The Balaban J connectivity index is 1.48. The van der Waals surface area contributed by atoms with E-state index in [-0.39, 0.29) is 29.8 Å². The number of benzene rings is 1. The van der Waals surface area contributed by atoms with Crippen molar-refractivity contribution in [3.63, 3.8) is 0 Å². The highest BCUT2D eigenvalue weighted by Gasteiger charge is 2.32. The first-order valence-electron chi connectivity index (χ1n) is 10.5. The Hall–Kier alpha value is -3.27. The lowest BCUT2D eigenvalue weighted by atomic mass is 10.2. The number of carbonyl (C=O) groups excluding carboxylic acids is 2. The summed E-state index contributed by atoms with van der Waals surface area (Å²) in [5.41, 5.74) is -0.216. The van der Waals surface area contributed by atoms with Crippen LogP contribution in [0, 0.1) is 0 Å². The van der Waals surface area contributed by atoms with Crippen LogP contribution >= 0.6 is 11.6 Å². The summed E-state index contributed by atoms with van der Waals surface area (Å²) in [6, 6.07) is 8.04. The molecule has 0 bridgehead atoms. The van der Waals surface area contributed by atoms with E-state index in [1.165, 1.54) is 11.0 Å². The molecule has 11 heteroatoms. The van der Waals surface area contributed by atoms with E-state index in [1.807, 2.05) is 19.1 Å². The fourth-order valence-electron chi connectivity index (χ4n) is 3.32. The number of halogens is 4. The molecule has 0 atom stereocenters. The van der Waals surface area contributed by atoms with Crippen LogP contribution in [0.1, 0.15) is 18.1 Å². The van der Waals surface area contributed by atoms with E-state index in [4.69, 9.17) is 21.1 Å². The van der Waals surface area contributed by atoms with Crippen molar-refractivity contribution < 1.29 is 32.2 Å². The van der Waals surface area contributed by atoms with Crippen LogP contribution in [-0.4, -0.2) is 61.2 Å². The van der Waals surface area contributed by atoms with E-state index >= 15 is 0 Å². The Morgan fingerprint density at radius 1 is 1.18 bits per heavy atom. The minimum absolute atomic E-state index is 0.110. The lowest BCUT2D eigenvalue weighted by Gasteiger charge is -2.35. The monoisotopic (exact) mass is 497 g/mol. The Morgan fingerprint density at radius 3 is 2.53 bits per heavy atom. The zero-order valence-corrected chi connectivity index (χ0v) is 19.1. The van der Waals surface area contributed by atoms with Crippen molar-refractivity contribution in [3.05, 3.63) is 58.8 Å². The van der Waals surface area contributed by atoms with Gasteiger partial charge >= 0.3 is 12.1 Å². The van der Waals surface area contributed by atoms with Gasteiger partial charge in [0.05, 0.1) is 17.2 Å². The van der Waals surface area contributed by atoms with Gasteiger partial charge < -0.3 is 19.3 Å². The molecule has 0 aliphatic carbocycles. The minimum atomic E-state index is -4.53. The van der Waals surface area contributed by atoms with Crippen molar-refractivity contribution in [3.8, 4) is 5.75 Å². The van der Waals surface area contributed by atoms with Crippen molar-refractivity contribution >= 4 is 35.4 Å². The Kier molecular flexibility index (Phi) is 8.38. The molecule has 0 spiro atoms. The summed E-state index contributed by atoms with van der Waals surface area (Å²) < 4.78 is 48.9. The highest BCUT2D eigenvalue weighted by molar-refractivity contribution is 6.33. The van der Waals surface area contributed by atoms with E-state index in [0.717, 1.165) is 12.3 Å². The van der Waals surface area contributed by atoms with Gasteiger partial charge in [0.2, 0.25) is 0 Å². The van der Waals surface area contributed by atoms with Gasteiger partial charge in [-0.15, -0.1) is 0 Å². The number of carbonyl (C=O) groups is 2. The molecule has 1 aromatic carbocycles. The molecule has 34 heavy (non-hydrogen) atoms. The summed E-state index contributed by atoms with van der Waals surface area (Å²) in [4.78, 5) is 31.5. The Morgan fingerprint density at radius 2 is 1.88 bits per heavy atom. The maximum absolute atomic E-state index is 12.8. The molecule has 0 unspecified atom stereocenters. The average Bonchev–Trinajstić information content (AvgIpc) is 2.81. The Labute approximate surface area is 199 Å². The zero-order valence-electron chi connectivity index (χ0n) is 18.3. The van der Waals surface area contributed by atoms with Crippen LogP contribution in [0.15, 0.2) is 42.6 Å². The fourth-order valence-corrected chi connectivity index (χ4v) is 3.61. The van der Waals surface area contributed by atoms with Crippen LogP contribution in [-0.2, 0) is 20.5 Å². The largest absolute Gasteiger partial charge is 0.493 e. The molecular formula is C23H23ClF3N3O4.